The van der Waals surface area contributed by atoms with E-state index in [-0.39, 0.29) is 11.4 Å². The number of hydrogen-bond donors (Lipinski definition) is 2. The molecular weight excluding hydrogens is 378 g/mol. The fourth-order valence-electron chi connectivity index (χ4n) is 2.46. The van der Waals surface area contributed by atoms with Gasteiger partial charge >= 0.3 is 0 Å². The van der Waals surface area contributed by atoms with Gasteiger partial charge in [-0.15, -0.1) is 0 Å². The number of aryl methyl sites for hydroxylation is 1. The zero-order valence-electron chi connectivity index (χ0n) is 15.3. The van der Waals surface area contributed by atoms with E-state index in [9.17, 15) is 9.59 Å². The summed E-state index contributed by atoms with van der Waals surface area (Å²) in [5.74, 6) is -0.343. The van der Waals surface area contributed by atoms with Gasteiger partial charge in [0.2, 0.25) is 0 Å². The number of nitrogens with one attached hydrogen (secondary N) is 2. The first-order chi connectivity index (χ1) is 13.5. The number of aromatic nitrogens is 1. The van der Waals surface area contributed by atoms with Crippen molar-refractivity contribution in [1.29, 1.82) is 0 Å². The summed E-state index contributed by atoms with van der Waals surface area (Å²) in [6.07, 6.45) is 0. The van der Waals surface area contributed by atoms with E-state index in [1.54, 1.807) is 42.5 Å². The fraction of sp³-hybridized carbons (Fsp3) is 0.0952. The van der Waals surface area contributed by atoms with Gasteiger partial charge in [0.15, 0.2) is 0 Å². The van der Waals surface area contributed by atoms with E-state index in [2.05, 4.69) is 15.6 Å². The normalized spacial score (nSPS) is 10.2. The molecule has 2 amide bonds. The minimum atomic E-state index is -0.453. The van der Waals surface area contributed by atoms with Gasteiger partial charge in [0, 0.05) is 11.4 Å². The molecule has 0 unspecified atom stereocenters. The van der Waals surface area contributed by atoms with Gasteiger partial charge in [0.25, 0.3) is 11.8 Å². The van der Waals surface area contributed by atoms with Crippen LogP contribution in [0.15, 0.2) is 60.7 Å². The molecule has 0 fully saturated rings. The summed E-state index contributed by atoms with van der Waals surface area (Å²) in [5.41, 5.74) is 2.49. The van der Waals surface area contributed by atoms with E-state index in [0.717, 1.165) is 5.56 Å². The van der Waals surface area contributed by atoms with Gasteiger partial charge in [-0.05, 0) is 49.4 Å². The van der Waals surface area contributed by atoms with Crippen LogP contribution in [0.4, 0.5) is 11.4 Å². The highest BCUT2D eigenvalue weighted by Crippen LogP contribution is 2.27. The molecule has 0 radical (unpaired) electrons. The van der Waals surface area contributed by atoms with Crippen LogP contribution < -0.4 is 15.4 Å². The molecule has 0 bridgehead atoms. The van der Waals surface area contributed by atoms with E-state index in [4.69, 9.17) is 16.3 Å². The smallest absolute Gasteiger partial charge is 0.274 e. The Kier molecular flexibility index (Phi) is 5.91. The summed E-state index contributed by atoms with van der Waals surface area (Å²) < 4.78 is 5.09. The third-order valence-electron chi connectivity index (χ3n) is 3.93. The number of halogens is 1. The number of methoxy groups -OCH3 is 1. The Hall–Kier alpha value is -3.38. The Bertz CT molecular complexity index is 1020. The predicted molar refractivity (Wildman–Crippen MR) is 109 cm³/mol. The Morgan fingerprint density at radius 2 is 1.46 bits per heavy atom. The van der Waals surface area contributed by atoms with E-state index in [0.29, 0.717) is 22.1 Å². The van der Waals surface area contributed by atoms with Crippen LogP contribution in [-0.4, -0.2) is 23.9 Å². The van der Waals surface area contributed by atoms with Crippen molar-refractivity contribution in [3.8, 4) is 5.75 Å². The quantitative estimate of drug-likeness (QED) is 0.663. The second kappa shape index (κ2) is 8.54. The molecule has 1 aromatic heterocycles. The number of nitrogens with zero attached hydrogens (tertiary/aromatic N) is 1. The first-order valence-corrected chi connectivity index (χ1v) is 8.84. The van der Waals surface area contributed by atoms with E-state index >= 15 is 0 Å². The maximum atomic E-state index is 12.5. The molecule has 0 saturated heterocycles. The molecule has 1 heterocycles. The summed E-state index contributed by atoms with van der Waals surface area (Å²) in [4.78, 5) is 29.0. The Morgan fingerprint density at radius 1 is 0.893 bits per heavy atom. The minimum Gasteiger partial charge on any atom is -0.495 e. The highest BCUT2D eigenvalue weighted by atomic mass is 35.5. The van der Waals surface area contributed by atoms with Crippen molar-refractivity contribution in [1.82, 2.24) is 4.98 Å². The summed E-state index contributed by atoms with van der Waals surface area (Å²) in [5, 5.41) is 5.83. The van der Waals surface area contributed by atoms with Crippen molar-refractivity contribution >= 4 is 34.8 Å². The van der Waals surface area contributed by atoms with Crippen molar-refractivity contribution in [2.24, 2.45) is 0 Å². The monoisotopic (exact) mass is 395 g/mol. The Morgan fingerprint density at radius 3 is 2.04 bits per heavy atom. The molecule has 6 nitrogen and oxygen atoms in total. The molecular formula is C21H18ClN3O3. The van der Waals surface area contributed by atoms with Crippen LogP contribution in [0.5, 0.6) is 5.75 Å². The third kappa shape index (κ3) is 4.66. The topological polar surface area (TPSA) is 80.3 Å². The molecule has 28 heavy (non-hydrogen) atoms. The first-order valence-electron chi connectivity index (χ1n) is 8.46. The molecule has 3 aromatic rings. The van der Waals surface area contributed by atoms with Crippen LogP contribution in [0.2, 0.25) is 5.02 Å². The summed E-state index contributed by atoms with van der Waals surface area (Å²) in [6.45, 7) is 1.96. The molecule has 0 aliphatic carbocycles. The largest absolute Gasteiger partial charge is 0.495 e. The fourth-order valence-corrected chi connectivity index (χ4v) is 2.72. The highest BCUT2D eigenvalue weighted by molar-refractivity contribution is 6.32. The molecule has 0 aliphatic rings. The van der Waals surface area contributed by atoms with Gasteiger partial charge < -0.3 is 15.4 Å². The second-order valence-corrected chi connectivity index (χ2v) is 6.44. The number of amides is 2. The van der Waals surface area contributed by atoms with Crippen molar-refractivity contribution in [2.45, 2.75) is 6.92 Å². The van der Waals surface area contributed by atoms with Crippen LogP contribution in [0.1, 0.15) is 26.5 Å². The average Bonchev–Trinajstić information content (AvgIpc) is 2.70. The van der Waals surface area contributed by atoms with E-state index < -0.39 is 11.8 Å². The van der Waals surface area contributed by atoms with E-state index in [1.807, 2.05) is 19.1 Å². The molecule has 0 aliphatic heterocycles. The lowest BCUT2D eigenvalue weighted by atomic mass is 10.2. The lowest BCUT2D eigenvalue weighted by molar-refractivity contribution is 0.101. The molecule has 0 atom stereocenters. The molecule has 2 aromatic carbocycles. The van der Waals surface area contributed by atoms with Crippen molar-refractivity contribution in [2.75, 3.05) is 17.7 Å². The van der Waals surface area contributed by atoms with Crippen LogP contribution in [0, 0.1) is 6.92 Å². The van der Waals surface area contributed by atoms with Crippen molar-refractivity contribution in [3.63, 3.8) is 0 Å². The third-order valence-corrected chi connectivity index (χ3v) is 4.23. The summed E-state index contributed by atoms with van der Waals surface area (Å²) in [7, 11) is 1.51. The summed E-state index contributed by atoms with van der Waals surface area (Å²) >= 11 is 6.07. The summed E-state index contributed by atoms with van der Waals surface area (Å²) in [6, 6.07) is 17.0. The second-order valence-electron chi connectivity index (χ2n) is 6.03. The average molecular weight is 396 g/mol. The zero-order valence-corrected chi connectivity index (χ0v) is 16.1. The van der Waals surface area contributed by atoms with Crippen LogP contribution in [-0.2, 0) is 0 Å². The molecule has 7 heteroatoms. The van der Waals surface area contributed by atoms with Crippen LogP contribution in [0.25, 0.3) is 0 Å². The predicted octanol–water partition coefficient (Wildman–Crippen LogP) is 4.56. The molecule has 2 N–H and O–H groups in total. The van der Waals surface area contributed by atoms with Crippen LogP contribution >= 0.6 is 11.6 Å². The lowest BCUT2D eigenvalue weighted by Gasteiger charge is -2.09. The number of anilines is 2. The van der Waals surface area contributed by atoms with Gasteiger partial charge in [0.05, 0.1) is 12.1 Å². The minimum absolute atomic E-state index is 0.114. The van der Waals surface area contributed by atoms with Crippen molar-refractivity contribution in [3.05, 3.63) is 82.6 Å². The molecule has 0 spiro atoms. The number of ether oxygens (including phenoxy) is 1. The maximum Gasteiger partial charge on any atom is 0.274 e. The van der Waals surface area contributed by atoms with Gasteiger partial charge in [-0.1, -0.05) is 35.4 Å². The zero-order chi connectivity index (χ0) is 20.1. The van der Waals surface area contributed by atoms with E-state index in [1.165, 1.54) is 13.2 Å². The first kappa shape index (κ1) is 19.4. The number of rotatable bonds is 5. The van der Waals surface area contributed by atoms with Crippen molar-refractivity contribution < 1.29 is 14.3 Å². The van der Waals surface area contributed by atoms with Gasteiger partial charge in [-0.3, -0.25) is 9.59 Å². The SMILES string of the molecule is COc1ccc(NC(=O)c2cccc(C(=O)Nc3ccc(C)cc3)n2)cc1Cl. The van der Waals surface area contributed by atoms with Gasteiger partial charge in [-0.2, -0.15) is 0 Å². The molecule has 142 valence electrons. The molecule has 3 rings (SSSR count). The number of carbonyl (C=O) groups excluding carboxylic acids is 2. The van der Waals surface area contributed by atoms with Gasteiger partial charge in [-0.25, -0.2) is 4.98 Å². The highest BCUT2D eigenvalue weighted by Gasteiger charge is 2.13. The lowest BCUT2D eigenvalue weighted by Crippen LogP contribution is -2.18. The number of carbonyl (C=O) groups is 2. The van der Waals surface area contributed by atoms with Gasteiger partial charge in [0.1, 0.15) is 17.1 Å². The number of pyridine rings is 1. The molecule has 0 saturated carbocycles. The standard InChI is InChI=1S/C21H18ClN3O3/c1-13-6-8-14(9-7-13)23-20(26)17-4-3-5-18(25-17)21(27)24-15-10-11-19(28-2)16(22)12-15/h3-12H,1-2H3,(H,23,26)(H,24,27). The number of benzene rings is 2. The van der Waals surface area contributed by atoms with Crippen LogP contribution in [0.3, 0.4) is 0 Å². The number of hydrogen-bond acceptors (Lipinski definition) is 4. The Labute approximate surface area is 167 Å². The Balaban J connectivity index is 1.73. The maximum absolute atomic E-state index is 12.5.